The Balaban J connectivity index is 1.44. The van der Waals surface area contributed by atoms with E-state index in [-0.39, 0.29) is 17.1 Å². The molecule has 0 aliphatic heterocycles. The minimum Gasteiger partial charge on any atom is -0.461 e. The number of rotatable bonds is 8. The second-order valence-corrected chi connectivity index (χ2v) is 11.0. The van der Waals surface area contributed by atoms with Crippen LogP contribution in [0.1, 0.15) is 56.5 Å². The van der Waals surface area contributed by atoms with Crippen molar-refractivity contribution in [1.29, 1.82) is 5.26 Å². The van der Waals surface area contributed by atoms with E-state index in [0.717, 1.165) is 31.2 Å². The van der Waals surface area contributed by atoms with Crippen LogP contribution in [0.2, 0.25) is 0 Å². The van der Waals surface area contributed by atoms with E-state index in [1.165, 1.54) is 16.6 Å². The lowest BCUT2D eigenvalue weighted by Gasteiger charge is -2.36. The second kappa shape index (κ2) is 9.74. The quantitative estimate of drug-likeness (QED) is 0.409. The normalized spacial score (nSPS) is 15.8. The molecule has 7 nitrogen and oxygen atoms in total. The minimum absolute atomic E-state index is 0.147. The molecule has 0 saturated heterocycles. The Morgan fingerprint density at radius 2 is 2.24 bits per heavy atom. The molecule has 3 aromatic rings. The zero-order chi connectivity index (χ0) is 23.6. The van der Waals surface area contributed by atoms with Crippen molar-refractivity contribution >= 4 is 34.0 Å². The molecule has 1 amide bonds. The zero-order valence-corrected chi connectivity index (χ0v) is 21.1. The van der Waals surface area contributed by atoms with Crippen molar-refractivity contribution < 1.29 is 9.21 Å². The minimum atomic E-state index is -0.147. The van der Waals surface area contributed by atoms with Gasteiger partial charge in [-0.1, -0.05) is 39.0 Å². The molecule has 0 aromatic carbocycles. The topological polar surface area (TPSA) is 96.7 Å². The molecule has 0 radical (unpaired) electrons. The molecule has 174 valence electrons. The van der Waals surface area contributed by atoms with Crippen molar-refractivity contribution in [1.82, 2.24) is 14.8 Å². The monoisotopic (exact) mass is 483 g/mol. The summed E-state index contributed by atoms with van der Waals surface area (Å²) >= 11 is 2.90. The Morgan fingerprint density at radius 3 is 2.91 bits per heavy atom. The Morgan fingerprint density at radius 1 is 1.42 bits per heavy atom. The predicted octanol–water partition coefficient (Wildman–Crippen LogP) is 5.76. The Labute approximate surface area is 202 Å². The summed E-state index contributed by atoms with van der Waals surface area (Å²) in [6.45, 7) is 9.56. The Bertz CT molecular complexity index is 1170. The lowest BCUT2D eigenvalue weighted by Crippen LogP contribution is -2.28. The van der Waals surface area contributed by atoms with Crippen LogP contribution in [0.3, 0.4) is 0 Å². The number of anilines is 1. The first kappa shape index (κ1) is 23.6. The summed E-state index contributed by atoms with van der Waals surface area (Å²) < 4.78 is 7.37. The highest BCUT2D eigenvalue weighted by Gasteiger charge is 2.34. The molecule has 4 rings (SSSR count). The van der Waals surface area contributed by atoms with Gasteiger partial charge in [0.2, 0.25) is 5.91 Å². The third-order valence-corrected chi connectivity index (χ3v) is 8.89. The lowest BCUT2D eigenvalue weighted by atomic mass is 9.69. The number of aromatic nitrogens is 3. The average Bonchev–Trinajstić information content (AvgIpc) is 3.54. The van der Waals surface area contributed by atoms with Gasteiger partial charge in [0.05, 0.1) is 17.6 Å². The largest absolute Gasteiger partial charge is 0.461 e. The van der Waals surface area contributed by atoms with Crippen LogP contribution in [0.5, 0.6) is 0 Å². The van der Waals surface area contributed by atoms with E-state index in [4.69, 9.17) is 4.42 Å². The summed E-state index contributed by atoms with van der Waals surface area (Å²) in [6, 6.07) is 5.99. The van der Waals surface area contributed by atoms with Crippen molar-refractivity contribution in [2.24, 2.45) is 11.3 Å². The maximum Gasteiger partial charge on any atom is 0.235 e. The lowest BCUT2D eigenvalue weighted by molar-refractivity contribution is -0.113. The van der Waals surface area contributed by atoms with Gasteiger partial charge in [-0.25, -0.2) is 0 Å². The van der Waals surface area contributed by atoms with Crippen molar-refractivity contribution in [3.63, 3.8) is 0 Å². The molecule has 0 bridgehead atoms. The van der Waals surface area contributed by atoms with Crippen molar-refractivity contribution in [2.45, 2.75) is 65.1 Å². The molecule has 0 spiro atoms. The van der Waals surface area contributed by atoms with Crippen LogP contribution in [-0.4, -0.2) is 26.4 Å². The fourth-order valence-electron chi connectivity index (χ4n) is 4.31. The summed E-state index contributed by atoms with van der Waals surface area (Å²) in [6.07, 6.45) is 5.71. The van der Waals surface area contributed by atoms with Gasteiger partial charge in [-0.2, -0.15) is 5.26 Å². The van der Waals surface area contributed by atoms with E-state index >= 15 is 0 Å². The molecule has 9 heteroatoms. The molecule has 1 atom stereocenters. The van der Waals surface area contributed by atoms with Crippen molar-refractivity contribution in [3.05, 3.63) is 34.4 Å². The molecule has 0 fully saturated rings. The van der Waals surface area contributed by atoms with Gasteiger partial charge in [-0.3, -0.25) is 9.36 Å². The van der Waals surface area contributed by atoms with E-state index in [1.807, 2.05) is 23.6 Å². The van der Waals surface area contributed by atoms with Gasteiger partial charge in [0, 0.05) is 11.4 Å². The van der Waals surface area contributed by atoms with E-state index in [9.17, 15) is 10.1 Å². The van der Waals surface area contributed by atoms with Gasteiger partial charge in [0.1, 0.15) is 11.1 Å². The molecule has 1 N–H and O–H groups in total. The zero-order valence-electron chi connectivity index (χ0n) is 19.5. The predicted molar refractivity (Wildman–Crippen MR) is 131 cm³/mol. The number of furan rings is 1. The highest BCUT2D eigenvalue weighted by atomic mass is 32.2. The van der Waals surface area contributed by atoms with Crippen molar-refractivity contribution in [3.8, 4) is 17.7 Å². The Kier molecular flexibility index (Phi) is 6.96. The van der Waals surface area contributed by atoms with Crippen LogP contribution in [0.4, 0.5) is 5.00 Å². The van der Waals surface area contributed by atoms with E-state index in [2.05, 4.69) is 42.4 Å². The second-order valence-electron chi connectivity index (χ2n) is 8.97. The van der Waals surface area contributed by atoms with E-state index in [0.29, 0.717) is 39.8 Å². The number of fused-ring (bicyclic) bond motifs is 1. The fraction of sp³-hybridized carbons (Fsp3) is 0.500. The van der Waals surface area contributed by atoms with Crippen LogP contribution in [0.15, 0.2) is 28.0 Å². The van der Waals surface area contributed by atoms with Crippen LogP contribution in [-0.2, 0) is 24.2 Å². The number of nitriles is 1. The third-order valence-electron chi connectivity index (χ3n) is 6.75. The van der Waals surface area contributed by atoms with Crippen LogP contribution in [0.25, 0.3) is 11.6 Å². The van der Waals surface area contributed by atoms with Crippen LogP contribution >= 0.6 is 23.1 Å². The summed E-state index contributed by atoms with van der Waals surface area (Å²) in [5.74, 6) is 1.93. The number of hydrogen-bond donors (Lipinski definition) is 1. The summed E-state index contributed by atoms with van der Waals surface area (Å²) in [5, 5.41) is 22.6. The van der Waals surface area contributed by atoms with Gasteiger partial charge in [0.25, 0.3) is 0 Å². The maximum absolute atomic E-state index is 12.8. The number of hydrogen-bond acceptors (Lipinski definition) is 7. The molecular formula is C24H29N5O2S2. The molecule has 3 heterocycles. The third kappa shape index (κ3) is 4.73. The number of nitrogens with one attached hydrogen (secondary N) is 1. The van der Waals surface area contributed by atoms with Crippen LogP contribution in [0, 0.1) is 22.7 Å². The SMILES string of the molecule is CCn1c(SCC(=O)Nc2sc3c(c2C#N)CCC(C(C)(C)CC)C3)nnc1-c1ccco1. The highest BCUT2D eigenvalue weighted by molar-refractivity contribution is 7.99. The molecular weight excluding hydrogens is 454 g/mol. The van der Waals surface area contributed by atoms with Crippen molar-refractivity contribution in [2.75, 3.05) is 11.1 Å². The number of carbonyl (C=O) groups excluding carboxylic acids is 1. The highest BCUT2D eigenvalue weighted by Crippen LogP contribution is 2.45. The maximum atomic E-state index is 12.8. The number of amides is 1. The molecule has 0 saturated carbocycles. The summed E-state index contributed by atoms with van der Waals surface area (Å²) in [5.41, 5.74) is 2.04. The first-order valence-corrected chi connectivity index (χ1v) is 13.1. The van der Waals surface area contributed by atoms with Crippen LogP contribution < -0.4 is 5.32 Å². The van der Waals surface area contributed by atoms with Gasteiger partial charge in [0.15, 0.2) is 16.7 Å². The molecule has 1 unspecified atom stereocenters. The van der Waals surface area contributed by atoms with Gasteiger partial charge < -0.3 is 9.73 Å². The molecule has 1 aliphatic carbocycles. The van der Waals surface area contributed by atoms with Gasteiger partial charge in [-0.15, -0.1) is 21.5 Å². The first-order valence-electron chi connectivity index (χ1n) is 11.3. The smallest absolute Gasteiger partial charge is 0.235 e. The first-order chi connectivity index (χ1) is 15.9. The number of carbonyl (C=O) groups is 1. The molecule has 33 heavy (non-hydrogen) atoms. The molecule has 3 aromatic heterocycles. The molecule has 1 aliphatic rings. The van der Waals surface area contributed by atoms with E-state index in [1.54, 1.807) is 17.6 Å². The number of thioether (sulfide) groups is 1. The van der Waals surface area contributed by atoms with E-state index < -0.39 is 0 Å². The number of nitrogens with zero attached hydrogens (tertiary/aromatic N) is 4. The fourth-order valence-corrected chi connectivity index (χ4v) is 6.41. The average molecular weight is 484 g/mol. The summed E-state index contributed by atoms with van der Waals surface area (Å²) in [4.78, 5) is 14.0. The summed E-state index contributed by atoms with van der Waals surface area (Å²) in [7, 11) is 0. The Hall–Kier alpha value is -2.57. The number of thiophene rings is 1. The van der Waals surface area contributed by atoms with Gasteiger partial charge in [-0.05, 0) is 55.2 Å². The standard InChI is InChI=1S/C24H29N5O2S2/c1-5-24(3,4)15-9-10-16-17(13-25)22(33-19(16)12-15)26-20(30)14-32-23-28-27-21(29(23)6-2)18-8-7-11-31-18/h7-8,11,15H,5-6,9-10,12,14H2,1-4H3,(H,26,30). The van der Waals surface area contributed by atoms with Gasteiger partial charge >= 0.3 is 0 Å².